The van der Waals surface area contributed by atoms with Crippen molar-refractivity contribution in [1.82, 2.24) is 5.32 Å². The highest BCUT2D eigenvalue weighted by Gasteiger charge is 2.25. The van der Waals surface area contributed by atoms with Gasteiger partial charge in [-0.05, 0) is 31.0 Å². The van der Waals surface area contributed by atoms with Crippen LogP contribution in [0.3, 0.4) is 0 Å². The smallest absolute Gasteiger partial charge is 0.308 e. The first-order valence-electron chi connectivity index (χ1n) is 7.43. The summed E-state index contributed by atoms with van der Waals surface area (Å²) in [4.78, 5) is 35.0. The number of benzene rings is 1. The van der Waals surface area contributed by atoms with Gasteiger partial charge in [0.15, 0.2) is 11.6 Å². The van der Waals surface area contributed by atoms with Gasteiger partial charge in [-0.25, -0.2) is 8.78 Å². The van der Waals surface area contributed by atoms with Gasteiger partial charge < -0.3 is 15.8 Å². The lowest BCUT2D eigenvalue weighted by Crippen LogP contribution is -2.46. The lowest BCUT2D eigenvalue weighted by Gasteiger charge is -2.19. The first kappa shape index (κ1) is 19.5. The Bertz CT molecular complexity index is 622. The fourth-order valence-corrected chi connectivity index (χ4v) is 2.06. The minimum absolute atomic E-state index is 0.0162. The molecule has 3 N–H and O–H groups in total. The summed E-state index contributed by atoms with van der Waals surface area (Å²) in [6, 6.07) is 2.00. The van der Waals surface area contributed by atoms with Gasteiger partial charge in [0.2, 0.25) is 11.8 Å². The van der Waals surface area contributed by atoms with E-state index < -0.39 is 41.4 Å². The van der Waals surface area contributed by atoms with Gasteiger partial charge in [-0.2, -0.15) is 0 Å². The molecule has 0 heterocycles. The van der Waals surface area contributed by atoms with Crippen molar-refractivity contribution in [2.24, 2.45) is 11.7 Å². The van der Waals surface area contributed by atoms with Crippen LogP contribution < -0.4 is 11.1 Å². The molecule has 8 heteroatoms. The molecule has 0 aromatic heterocycles. The summed E-state index contributed by atoms with van der Waals surface area (Å²) in [6.45, 7) is 3.40. The number of halogens is 2. The zero-order chi connectivity index (χ0) is 18.3. The molecule has 0 radical (unpaired) electrons. The van der Waals surface area contributed by atoms with E-state index in [4.69, 9.17) is 10.5 Å². The fraction of sp³-hybridized carbons (Fsp3) is 0.438. The van der Waals surface area contributed by atoms with E-state index in [0.29, 0.717) is 0 Å². The van der Waals surface area contributed by atoms with Crippen molar-refractivity contribution in [1.29, 1.82) is 0 Å². The zero-order valence-corrected chi connectivity index (χ0v) is 13.5. The van der Waals surface area contributed by atoms with E-state index in [1.165, 1.54) is 6.07 Å². The van der Waals surface area contributed by atoms with Crippen LogP contribution in [0.15, 0.2) is 18.2 Å². The van der Waals surface area contributed by atoms with E-state index in [-0.39, 0.29) is 25.0 Å². The van der Waals surface area contributed by atoms with E-state index in [0.717, 1.165) is 12.1 Å². The van der Waals surface area contributed by atoms with Crippen molar-refractivity contribution in [2.45, 2.75) is 32.7 Å². The Morgan fingerprint density at radius 2 is 1.92 bits per heavy atom. The van der Waals surface area contributed by atoms with Crippen molar-refractivity contribution in [3.63, 3.8) is 0 Å². The number of carbonyl (C=O) groups is 3. The van der Waals surface area contributed by atoms with Crippen molar-refractivity contribution in [3.05, 3.63) is 35.4 Å². The standard InChI is InChI=1S/C16H20F2N2O4/c1-3-24-16(23)9(2)6-13(15(19)22)20-14(21)8-10-4-5-11(17)12(18)7-10/h4-5,7,9,13H,3,6,8H2,1-2H3,(H2,19,22)(H,20,21)/t9-,13+/m0/s1. The van der Waals surface area contributed by atoms with Gasteiger partial charge in [-0.3, -0.25) is 14.4 Å². The maximum atomic E-state index is 13.1. The molecule has 0 aliphatic rings. The molecule has 2 atom stereocenters. The van der Waals surface area contributed by atoms with E-state index in [9.17, 15) is 23.2 Å². The van der Waals surface area contributed by atoms with Crippen LogP contribution in [0.25, 0.3) is 0 Å². The molecular formula is C16H20F2N2O4. The maximum Gasteiger partial charge on any atom is 0.308 e. The molecule has 24 heavy (non-hydrogen) atoms. The molecule has 0 aliphatic carbocycles. The minimum atomic E-state index is -1.07. The number of amides is 2. The van der Waals surface area contributed by atoms with Gasteiger partial charge in [0.1, 0.15) is 6.04 Å². The van der Waals surface area contributed by atoms with E-state index in [2.05, 4.69) is 5.32 Å². The second-order valence-corrected chi connectivity index (χ2v) is 5.34. The summed E-state index contributed by atoms with van der Waals surface area (Å²) in [7, 11) is 0. The summed E-state index contributed by atoms with van der Waals surface area (Å²) in [6.07, 6.45) is -0.271. The van der Waals surface area contributed by atoms with Crippen LogP contribution in [-0.2, 0) is 25.5 Å². The second kappa shape index (κ2) is 8.95. The van der Waals surface area contributed by atoms with Crippen LogP contribution >= 0.6 is 0 Å². The third-order valence-corrected chi connectivity index (χ3v) is 3.31. The van der Waals surface area contributed by atoms with Crippen LogP contribution in [0, 0.1) is 17.6 Å². The number of carbonyl (C=O) groups excluding carboxylic acids is 3. The van der Waals surface area contributed by atoms with E-state index in [1.807, 2.05) is 0 Å². The lowest BCUT2D eigenvalue weighted by atomic mass is 10.0. The van der Waals surface area contributed by atoms with Crippen molar-refractivity contribution in [3.8, 4) is 0 Å². The average Bonchev–Trinajstić information content (AvgIpc) is 2.50. The van der Waals surface area contributed by atoms with E-state index in [1.54, 1.807) is 13.8 Å². The molecule has 0 saturated carbocycles. The number of hydrogen-bond acceptors (Lipinski definition) is 4. The molecule has 0 fully saturated rings. The number of nitrogens with two attached hydrogens (primary N) is 1. The fourth-order valence-electron chi connectivity index (χ4n) is 2.06. The minimum Gasteiger partial charge on any atom is -0.466 e. The number of primary amides is 1. The second-order valence-electron chi connectivity index (χ2n) is 5.34. The van der Waals surface area contributed by atoms with Gasteiger partial charge in [0.05, 0.1) is 18.9 Å². The third-order valence-electron chi connectivity index (χ3n) is 3.31. The molecule has 1 aromatic rings. The Hall–Kier alpha value is -2.51. The molecule has 0 aliphatic heterocycles. The summed E-state index contributed by atoms with van der Waals surface area (Å²) in [5, 5.41) is 2.39. The SMILES string of the molecule is CCOC(=O)[C@@H](C)C[C@@H](NC(=O)Cc1ccc(F)c(F)c1)C(N)=O. The Balaban J connectivity index is 2.67. The highest BCUT2D eigenvalue weighted by molar-refractivity contribution is 5.88. The number of nitrogens with one attached hydrogen (secondary N) is 1. The maximum absolute atomic E-state index is 13.1. The Morgan fingerprint density at radius 1 is 1.25 bits per heavy atom. The summed E-state index contributed by atoms with van der Waals surface area (Å²) >= 11 is 0. The molecule has 0 unspecified atom stereocenters. The topological polar surface area (TPSA) is 98.5 Å². The molecular weight excluding hydrogens is 322 g/mol. The van der Waals surface area contributed by atoms with Gasteiger partial charge in [-0.1, -0.05) is 13.0 Å². The highest BCUT2D eigenvalue weighted by Crippen LogP contribution is 2.11. The molecule has 6 nitrogen and oxygen atoms in total. The predicted molar refractivity (Wildman–Crippen MR) is 81.6 cm³/mol. The van der Waals surface area contributed by atoms with Gasteiger partial charge in [0, 0.05) is 0 Å². The van der Waals surface area contributed by atoms with Crippen molar-refractivity contribution >= 4 is 17.8 Å². The van der Waals surface area contributed by atoms with Crippen LogP contribution in [0.5, 0.6) is 0 Å². The highest BCUT2D eigenvalue weighted by atomic mass is 19.2. The normalized spacial score (nSPS) is 13.0. The first-order valence-corrected chi connectivity index (χ1v) is 7.43. The predicted octanol–water partition coefficient (Wildman–Crippen LogP) is 1.07. The molecule has 0 bridgehead atoms. The third kappa shape index (κ3) is 5.94. The summed E-state index contributed by atoms with van der Waals surface area (Å²) in [5.41, 5.74) is 5.47. The quantitative estimate of drug-likeness (QED) is 0.690. The molecule has 1 aromatic carbocycles. The average molecular weight is 342 g/mol. The molecule has 2 amide bonds. The van der Waals surface area contributed by atoms with Gasteiger partial charge >= 0.3 is 5.97 Å². The Kier molecular flexibility index (Phi) is 7.29. The summed E-state index contributed by atoms with van der Waals surface area (Å²) < 4.78 is 30.8. The van der Waals surface area contributed by atoms with Crippen LogP contribution in [-0.4, -0.2) is 30.4 Å². The number of rotatable bonds is 8. The zero-order valence-electron chi connectivity index (χ0n) is 13.5. The van der Waals surface area contributed by atoms with Crippen LogP contribution in [0.1, 0.15) is 25.8 Å². The van der Waals surface area contributed by atoms with Gasteiger partial charge in [0.25, 0.3) is 0 Å². The lowest BCUT2D eigenvalue weighted by molar-refractivity contribution is -0.148. The molecule has 132 valence electrons. The molecule has 0 spiro atoms. The van der Waals surface area contributed by atoms with Crippen LogP contribution in [0.4, 0.5) is 8.78 Å². The monoisotopic (exact) mass is 342 g/mol. The Morgan fingerprint density at radius 3 is 2.46 bits per heavy atom. The molecule has 0 saturated heterocycles. The summed E-state index contributed by atoms with van der Waals surface area (Å²) in [5.74, 6) is -4.62. The number of hydrogen-bond donors (Lipinski definition) is 2. The number of ether oxygens (including phenoxy) is 1. The molecule has 1 rings (SSSR count). The largest absolute Gasteiger partial charge is 0.466 e. The van der Waals surface area contributed by atoms with Crippen LogP contribution in [0.2, 0.25) is 0 Å². The number of esters is 1. The van der Waals surface area contributed by atoms with Gasteiger partial charge in [-0.15, -0.1) is 0 Å². The van der Waals surface area contributed by atoms with Crippen molar-refractivity contribution < 1.29 is 27.9 Å². The van der Waals surface area contributed by atoms with Crippen molar-refractivity contribution in [2.75, 3.05) is 6.61 Å². The Labute approximate surface area is 138 Å². The first-order chi connectivity index (χ1) is 11.2. The van der Waals surface area contributed by atoms with E-state index >= 15 is 0 Å².